The second kappa shape index (κ2) is 10.2. The normalized spacial score (nSPS) is 17.4. The van der Waals surface area contributed by atoms with Crippen molar-refractivity contribution in [2.45, 2.75) is 31.3 Å². The van der Waals surface area contributed by atoms with Crippen LogP contribution in [0.2, 0.25) is 0 Å². The smallest absolute Gasteiger partial charge is 0.272 e. The molecule has 7 nitrogen and oxygen atoms in total. The molecule has 35 heavy (non-hydrogen) atoms. The number of hydrogen-bond donors (Lipinski definition) is 1. The van der Waals surface area contributed by atoms with Crippen molar-refractivity contribution in [3.63, 3.8) is 0 Å². The first-order valence-corrected chi connectivity index (χ1v) is 10.9. The fourth-order valence-electron chi connectivity index (χ4n) is 3.34. The lowest BCUT2D eigenvalue weighted by Gasteiger charge is -2.29. The molecular formula is C21H16F6N4O3S. The Hall–Kier alpha value is -3.26. The Bertz CT molecular complexity index is 1220. The van der Waals surface area contributed by atoms with Crippen molar-refractivity contribution >= 4 is 23.1 Å². The Morgan fingerprint density at radius 3 is 2.77 bits per heavy atom. The van der Waals surface area contributed by atoms with Gasteiger partial charge in [-0.05, 0) is 36.2 Å². The van der Waals surface area contributed by atoms with Gasteiger partial charge in [0.15, 0.2) is 6.61 Å². The minimum absolute atomic E-state index is 0.0128. The molecule has 14 heteroatoms. The van der Waals surface area contributed by atoms with Gasteiger partial charge in [-0.2, -0.15) is 4.37 Å². The summed E-state index contributed by atoms with van der Waals surface area (Å²) in [6.45, 7) is -1.81. The molecule has 1 fully saturated rings. The minimum atomic E-state index is -3.04. The average Bonchev–Trinajstić information content (AvgIpc) is 3.29. The van der Waals surface area contributed by atoms with Gasteiger partial charge in [0, 0.05) is 18.1 Å². The number of ether oxygens (including phenoxy) is 2. The van der Waals surface area contributed by atoms with Gasteiger partial charge in [0.1, 0.15) is 41.2 Å². The van der Waals surface area contributed by atoms with Crippen LogP contribution in [0.25, 0.3) is 11.3 Å². The van der Waals surface area contributed by atoms with Crippen LogP contribution in [0.4, 0.5) is 32.0 Å². The highest BCUT2D eigenvalue weighted by Crippen LogP contribution is 2.40. The number of nitrogens with zero attached hydrogens (tertiary/aromatic N) is 3. The van der Waals surface area contributed by atoms with Crippen molar-refractivity contribution < 1.29 is 40.6 Å². The van der Waals surface area contributed by atoms with Crippen molar-refractivity contribution in [2.75, 3.05) is 18.5 Å². The molecular weight excluding hydrogens is 502 g/mol. The van der Waals surface area contributed by atoms with E-state index in [1.54, 1.807) is 0 Å². The monoisotopic (exact) mass is 518 g/mol. The maximum absolute atomic E-state index is 14.6. The summed E-state index contributed by atoms with van der Waals surface area (Å²) in [5.41, 5.74) is -0.711. The molecule has 1 aliphatic rings. The van der Waals surface area contributed by atoms with Gasteiger partial charge in [-0.3, -0.25) is 4.79 Å². The summed E-state index contributed by atoms with van der Waals surface area (Å²) < 4.78 is 94.1. The maximum Gasteiger partial charge on any atom is 0.272 e. The Balaban J connectivity index is 1.70. The van der Waals surface area contributed by atoms with Crippen LogP contribution in [-0.2, 0) is 4.74 Å². The quantitative estimate of drug-likeness (QED) is 0.430. The molecule has 4 rings (SSSR count). The van der Waals surface area contributed by atoms with Gasteiger partial charge >= 0.3 is 0 Å². The van der Waals surface area contributed by atoms with Crippen molar-refractivity contribution in [2.24, 2.45) is 0 Å². The first-order chi connectivity index (χ1) is 16.6. The van der Waals surface area contributed by atoms with E-state index in [9.17, 15) is 31.1 Å². The fraction of sp³-hybridized carbons (Fsp3) is 0.333. The zero-order valence-corrected chi connectivity index (χ0v) is 18.4. The van der Waals surface area contributed by atoms with Gasteiger partial charge in [0.25, 0.3) is 18.3 Å². The van der Waals surface area contributed by atoms with Crippen LogP contribution >= 0.6 is 11.5 Å². The Morgan fingerprint density at radius 1 is 1.26 bits per heavy atom. The number of hydrogen-bond acceptors (Lipinski definition) is 7. The standard InChI is InChI=1S/C21H16F6N4O3S/c22-10-1-2-12(23)11(5-10)17-19(18(29-9-28-17)13-3-4-21(26,27)8-34-13)30-20(32)14-6-16(31-35-14)33-7-15(24)25/h1-2,5-6,9,13,15H,3-4,7-8H2,(H,30,32). The van der Waals surface area contributed by atoms with E-state index in [1.807, 2.05) is 0 Å². The van der Waals surface area contributed by atoms with E-state index >= 15 is 0 Å². The fourth-order valence-corrected chi connectivity index (χ4v) is 3.92. The van der Waals surface area contributed by atoms with Crippen LogP contribution in [0.1, 0.15) is 34.3 Å². The summed E-state index contributed by atoms with van der Waals surface area (Å²) in [5.74, 6) is -5.70. The number of halogens is 6. The molecule has 1 saturated heterocycles. The summed E-state index contributed by atoms with van der Waals surface area (Å²) in [6.07, 6.45) is -3.40. The highest BCUT2D eigenvalue weighted by molar-refractivity contribution is 7.08. The van der Waals surface area contributed by atoms with Crippen LogP contribution in [0.3, 0.4) is 0 Å². The number of amides is 1. The van der Waals surface area contributed by atoms with Crippen LogP contribution in [0, 0.1) is 11.6 Å². The molecule has 1 aromatic carbocycles. The molecule has 0 aliphatic carbocycles. The van der Waals surface area contributed by atoms with Gasteiger partial charge in [-0.15, -0.1) is 0 Å². The lowest BCUT2D eigenvalue weighted by Crippen LogP contribution is -2.31. The van der Waals surface area contributed by atoms with Crippen LogP contribution in [0.5, 0.6) is 5.88 Å². The number of alkyl halides is 4. The zero-order valence-electron chi connectivity index (χ0n) is 17.6. The maximum atomic E-state index is 14.6. The predicted molar refractivity (Wildman–Crippen MR) is 112 cm³/mol. The predicted octanol–water partition coefficient (Wildman–Crippen LogP) is 5.26. The second-order valence-electron chi connectivity index (χ2n) is 7.49. The van der Waals surface area contributed by atoms with Gasteiger partial charge in [0.05, 0.1) is 11.4 Å². The number of nitrogens with one attached hydrogen (secondary N) is 1. The summed E-state index contributed by atoms with van der Waals surface area (Å²) in [4.78, 5) is 20.9. The van der Waals surface area contributed by atoms with Crippen molar-refractivity contribution in [3.8, 4) is 17.1 Å². The van der Waals surface area contributed by atoms with Crippen LogP contribution in [0.15, 0.2) is 30.6 Å². The van der Waals surface area contributed by atoms with Crippen molar-refractivity contribution in [1.82, 2.24) is 14.3 Å². The lowest BCUT2D eigenvalue weighted by molar-refractivity contribution is -0.146. The molecule has 1 aliphatic heterocycles. The molecule has 1 N–H and O–H groups in total. The average molecular weight is 518 g/mol. The van der Waals surface area contributed by atoms with Crippen molar-refractivity contribution in [1.29, 1.82) is 0 Å². The molecule has 1 amide bonds. The van der Waals surface area contributed by atoms with Gasteiger partial charge in [-0.25, -0.2) is 36.3 Å². The molecule has 3 aromatic rings. The molecule has 1 atom stereocenters. The molecule has 0 bridgehead atoms. The number of rotatable bonds is 7. The third-order valence-corrected chi connectivity index (χ3v) is 5.71. The summed E-state index contributed by atoms with van der Waals surface area (Å²) in [6, 6.07) is 3.73. The summed E-state index contributed by atoms with van der Waals surface area (Å²) in [5, 5.41) is 2.48. The summed E-state index contributed by atoms with van der Waals surface area (Å²) in [7, 11) is 0. The molecule has 0 saturated carbocycles. The first kappa shape index (κ1) is 24.9. The second-order valence-corrected chi connectivity index (χ2v) is 8.29. The van der Waals surface area contributed by atoms with E-state index < -0.39 is 55.6 Å². The van der Waals surface area contributed by atoms with E-state index in [2.05, 4.69) is 19.7 Å². The van der Waals surface area contributed by atoms with Crippen LogP contribution in [-0.4, -0.2) is 45.8 Å². The Kier molecular flexibility index (Phi) is 7.21. The number of carbonyl (C=O) groups is 1. The third kappa shape index (κ3) is 5.88. The van der Waals surface area contributed by atoms with E-state index in [0.717, 1.165) is 30.6 Å². The number of carbonyl (C=O) groups excluding carboxylic acids is 1. The SMILES string of the molecule is O=C(Nc1c(-c2cc(F)ccc2F)ncnc1C1CCC(F)(F)CO1)c1cc(OCC(F)F)ns1. The van der Waals surface area contributed by atoms with Gasteiger partial charge in [-0.1, -0.05) is 0 Å². The van der Waals surface area contributed by atoms with E-state index in [0.29, 0.717) is 11.5 Å². The van der Waals surface area contributed by atoms with Gasteiger partial charge in [0.2, 0.25) is 5.88 Å². The number of aromatic nitrogens is 3. The number of anilines is 1. The molecule has 1 unspecified atom stereocenters. The molecule has 0 radical (unpaired) electrons. The van der Waals surface area contributed by atoms with Crippen LogP contribution < -0.4 is 10.1 Å². The molecule has 186 valence electrons. The molecule has 0 spiro atoms. The van der Waals surface area contributed by atoms with E-state index in [4.69, 9.17) is 9.47 Å². The number of benzene rings is 1. The van der Waals surface area contributed by atoms with E-state index in [-0.39, 0.29) is 39.8 Å². The van der Waals surface area contributed by atoms with Crippen molar-refractivity contribution in [3.05, 3.63) is 52.8 Å². The first-order valence-electron chi connectivity index (χ1n) is 10.1. The summed E-state index contributed by atoms with van der Waals surface area (Å²) >= 11 is 0.640. The Morgan fingerprint density at radius 2 is 2.06 bits per heavy atom. The minimum Gasteiger partial charge on any atom is -0.471 e. The van der Waals surface area contributed by atoms with Gasteiger partial charge < -0.3 is 14.8 Å². The molecule has 3 heterocycles. The highest BCUT2D eigenvalue weighted by Gasteiger charge is 2.38. The van der Waals surface area contributed by atoms with E-state index in [1.165, 1.54) is 0 Å². The Labute approximate surface area is 198 Å². The zero-order chi connectivity index (χ0) is 25.2. The lowest BCUT2D eigenvalue weighted by atomic mass is 10.00. The third-order valence-electron chi connectivity index (χ3n) is 4.94. The molecule has 2 aromatic heterocycles. The highest BCUT2D eigenvalue weighted by atomic mass is 32.1. The largest absolute Gasteiger partial charge is 0.471 e. The topological polar surface area (TPSA) is 86.2 Å².